The van der Waals surface area contributed by atoms with Crippen molar-refractivity contribution < 1.29 is 4.79 Å². The molecule has 1 aromatic heterocycles. The Morgan fingerprint density at radius 2 is 2.00 bits per heavy atom. The van der Waals surface area contributed by atoms with Crippen molar-refractivity contribution in [3.63, 3.8) is 0 Å². The summed E-state index contributed by atoms with van der Waals surface area (Å²) in [5, 5.41) is 6.25. The molecule has 0 aliphatic heterocycles. The molecular formula is C17H29N3O. The number of pyridine rings is 1. The van der Waals surface area contributed by atoms with Crippen molar-refractivity contribution in [2.75, 3.05) is 18.4 Å². The number of amides is 1. The minimum atomic E-state index is -0.00426. The minimum absolute atomic E-state index is 0.00426. The van der Waals surface area contributed by atoms with Crippen molar-refractivity contribution in [1.82, 2.24) is 10.3 Å². The molecule has 4 heteroatoms. The van der Waals surface area contributed by atoms with Gasteiger partial charge in [0.1, 0.15) is 5.82 Å². The van der Waals surface area contributed by atoms with E-state index in [1.54, 1.807) is 0 Å². The standard InChI is InChI=1S/C17H29N3O/c1-5-9-18-16-12-14(11-15(6-2)20-16)17(21)19-10-7-8-13(3)4/h11-13H,5-10H2,1-4H3,(H,18,20)(H,19,21). The first kappa shape index (κ1) is 17.5. The molecule has 1 aromatic rings. The summed E-state index contributed by atoms with van der Waals surface area (Å²) in [5.74, 6) is 1.47. The Morgan fingerprint density at radius 3 is 2.62 bits per heavy atom. The van der Waals surface area contributed by atoms with Crippen LogP contribution in [0, 0.1) is 5.92 Å². The van der Waals surface area contributed by atoms with Gasteiger partial charge in [-0.05, 0) is 43.7 Å². The van der Waals surface area contributed by atoms with Crippen LogP contribution in [0.4, 0.5) is 5.82 Å². The number of hydrogen-bond donors (Lipinski definition) is 2. The Labute approximate surface area is 128 Å². The first-order valence-electron chi connectivity index (χ1n) is 8.09. The second kappa shape index (κ2) is 9.37. The number of carbonyl (C=O) groups is 1. The van der Waals surface area contributed by atoms with E-state index in [9.17, 15) is 4.79 Å². The second-order valence-corrected chi connectivity index (χ2v) is 5.80. The van der Waals surface area contributed by atoms with Crippen LogP contribution in [-0.4, -0.2) is 24.0 Å². The predicted octanol–water partition coefficient (Wildman–Crippen LogP) is 3.63. The van der Waals surface area contributed by atoms with Crippen molar-refractivity contribution in [1.29, 1.82) is 0 Å². The Kier molecular flexibility index (Phi) is 7.80. The molecule has 0 saturated heterocycles. The molecule has 4 nitrogen and oxygen atoms in total. The molecule has 1 amide bonds. The van der Waals surface area contributed by atoms with E-state index in [0.717, 1.165) is 50.3 Å². The summed E-state index contributed by atoms with van der Waals surface area (Å²) in [6.07, 6.45) is 4.03. The SMILES string of the molecule is CCCNc1cc(C(=O)NCCCC(C)C)cc(CC)n1. The molecule has 1 rings (SSSR count). The highest BCUT2D eigenvalue weighted by molar-refractivity contribution is 5.95. The van der Waals surface area contributed by atoms with Gasteiger partial charge in [0.2, 0.25) is 0 Å². The molecule has 21 heavy (non-hydrogen) atoms. The van der Waals surface area contributed by atoms with Gasteiger partial charge < -0.3 is 10.6 Å². The summed E-state index contributed by atoms with van der Waals surface area (Å²) in [7, 11) is 0. The third kappa shape index (κ3) is 6.61. The van der Waals surface area contributed by atoms with E-state index in [0.29, 0.717) is 11.5 Å². The van der Waals surface area contributed by atoms with Gasteiger partial charge in [0.05, 0.1) is 0 Å². The van der Waals surface area contributed by atoms with Crippen molar-refractivity contribution in [3.05, 3.63) is 23.4 Å². The van der Waals surface area contributed by atoms with Crippen LogP contribution in [0.3, 0.4) is 0 Å². The lowest BCUT2D eigenvalue weighted by Gasteiger charge is -2.10. The molecule has 1 heterocycles. The number of nitrogens with one attached hydrogen (secondary N) is 2. The first-order valence-corrected chi connectivity index (χ1v) is 8.09. The van der Waals surface area contributed by atoms with E-state index in [1.165, 1.54) is 0 Å². The highest BCUT2D eigenvalue weighted by atomic mass is 16.1. The molecule has 0 aliphatic rings. The maximum atomic E-state index is 12.2. The largest absolute Gasteiger partial charge is 0.370 e. The van der Waals surface area contributed by atoms with Crippen molar-refractivity contribution in [2.45, 2.75) is 53.4 Å². The molecule has 0 aromatic carbocycles. The first-order chi connectivity index (χ1) is 10.1. The zero-order chi connectivity index (χ0) is 15.7. The number of hydrogen-bond acceptors (Lipinski definition) is 3. The third-order valence-corrected chi connectivity index (χ3v) is 3.30. The number of rotatable bonds is 9. The molecule has 0 saturated carbocycles. The van der Waals surface area contributed by atoms with Crippen LogP contribution >= 0.6 is 0 Å². The molecule has 0 radical (unpaired) electrons. The van der Waals surface area contributed by atoms with Gasteiger partial charge in [-0.1, -0.05) is 27.7 Å². The summed E-state index contributed by atoms with van der Waals surface area (Å²) in [4.78, 5) is 16.7. The summed E-state index contributed by atoms with van der Waals surface area (Å²) in [6, 6.07) is 3.72. The molecule has 0 aliphatic carbocycles. The fraction of sp³-hybridized carbons (Fsp3) is 0.647. The molecular weight excluding hydrogens is 262 g/mol. The van der Waals surface area contributed by atoms with E-state index < -0.39 is 0 Å². The quantitative estimate of drug-likeness (QED) is 0.683. The fourth-order valence-electron chi connectivity index (χ4n) is 2.06. The normalized spacial score (nSPS) is 10.7. The van der Waals surface area contributed by atoms with Crippen LogP contribution in [0.2, 0.25) is 0 Å². The maximum Gasteiger partial charge on any atom is 0.251 e. The van der Waals surface area contributed by atoms with Crippen molar-refractivity contribution in [2.24, 2.45) is 5.92 Å². The van der Waals surface area contributed by atoms with Gasteiger partial charge in [-0.2, -0.15) is 0 Å². The van der Waals surface area contributed by atoms with Gasteiger partial charge in [-0.25, -0.2) is 4.98 Å². The van der Waals surface area contributed by atoms with Gasteiger partial charge in [0.25, 0.3) is 5.91 Å². The Bertz CT molecular complexity index is 444. The molecule has 118 valence electrons. The summed E-state index contributed by atoms with van der Waals surface area (Å²) < 4.78 is 0. The van der Waals surface area contributed by atoms with E-state index >= 15 is 0 Å². The number of carbonyl (C=O) groups excluding carboxylic acids is 1. The number of aryl methyl sites for hydroxylation is 1. The molecule has 0 bridgehead atoms. The van der Waals surface area contributed by atoms with Crippen LogP contribution < -0.4 is 10.6 Å². The van der Waals surface area contributed by atoms with Crippen LogP contribution in [-0.2, 0) is 6.42 Å². The predicted molar refractivity (Wildman–Crippen MR) is 88.8 cm³/mol. The average molecular weight is 291 g/mol. The highest BCUT2D eigenvalue weighted by Gasteiger charge is 2.09. The van der Waals surface area contributed by atoms with Gasteiger partial charge >= 0.3 is 0 Å². The number of nitrogens with zero attached hydrogens (tertiary/aromatic N) is 1. The second-order valence-electron chi connectivity index (χ2n) is 5.80. The zero-order valence-electron chi connectivity index (χ0n) is 13.8. The zero-order valence-corrected chi connectivity index (χ0v) is 13.8. The van der Waals surface area contributed by atoms with Gasteiger partial charge in [0.15, 0.2) is 0 Å². The summed E-state index contributed by atoms with van der Waals surface area (Å²) in [6.45, 7) is 10.2. The molecule has 2 N–H and O–H groups in total. The lowest BCUT2D eigenvalue weighted by molar-refractivity contribution is 0.0952. The average Bonchev–Trinajstić information content (AvgIpc) is 2.48. The molecule has 0 unspecified atom stereocenters. The smallest absolute Gasteiger partial charge is 0.251 e. The summed E-state index contributed by atoms with van der Waals surface area (Å²) >= 11 is 0. The Hall–Kier alpha value is -1.58. The Morgan fingerprint density at radius 1 is 1.24 bits per heavy atom. The lowest BCUT2D eigenvalue weighted by Crippen LogP contribution is -2.25. The van der Waals surface area contributed by atoms with E-state index in [-0.39, 0.29) is 5.91 Å². The van der Waals surface area contributed by atoms with E-state index in [1.807, 2.05) is 12.1 Å². The van der Waals surface area contributed by atoms with E-state index in [4.69, 9.17) is 0 Å². The van der Waals surface area contributed by atoms with Crippen molar-refractivity contribution >= 4 is 11.7 Å². The van der Waals surface area contributed by atoms with Crippen LogP contribution in [0.15, 0.2) is 12.1 Å². The van der Waals surface area contributed by atoms with Gasteiger partial charge in [-0.15, -0.1) is 0 Å². The topological polar surface area (TPSA) is 54.0 Å². The van der Waals surface area contributed by atoms with Crippen molar-refractivity contribution in [3.8, 4) is 0 Å². The van der Waals surface area contributed by atoms with Crippen LogP contribution in [0.1, 0.15) is 63.0 Å². The van der Waals surface area contributed by atoms with E-state index in [2.05, 4.69) is 43.3 Å². The van der Waals surface area contributed by atoms with Crippen LogP contribution in [0.25, 0.3) is 0 Å². The highest BCUT2D eigenvalue weighted by Crippen LogP contribution is 2.12. The lowest BCUT2D eigenvalue weighted by atomic mass is 10.1. The molecule has 0 fully saturated rings. The summed E-state index contributed by atoms with van der Waals surface area (Å²) in [5.41, 5.74) is 1.65. The van der Waals surface area contributed by atoms with Gasteiger partial charge in [0, 0.05) is 24.3 Å². The maximum absolute atomic E-state index is 12.2. The van der Waals surface area contributed by atoms with Crippen LogP contribution in [0.5, 0.6) is 0 Å². The fourth-order valence-corrected chi connectivity index (χ4v) is 2.06. The number of aromatic nitrogens is 1. The number of anilines is 1. The monoisotopic (exact) mass is 291 g/mol. The minimum Gasteiger partial charge on any atom is -0.370 e. The molecule has 0 spiro atoms. The Balaban J connectivity index is 2.64. The van der Waals surface area contributed by atoms with Gasteiger partial charge in [-0.3, -0.25) is 4.79 Å². The third-order valence-electron chi connectivity index (χ3n) is 3.30. The molecule has 0 atom stereocenters.